The lowest BCUT2D eigenvalue weighted by molar-refractivity contribution is -0.131. The van der Waals surface area contributed by atoms with Crippen molar-refractivity contribution in [2.24, 2.45) is 0 Å². The molecule has 19 heavy (non-hydrogen) atoms. The number of nitrogens with zero attached hydrogens (tertiary/aromatic N) is 1. The molecule has 0 spiro atoms. The first-order valence-corrected chi connectivity index (χ1v) is 6.60. The highest BCUT2D eigenvalue weighted by atomic mass is 32.1. The third-order valence-corrected chi connectivity index (χ3v) is 3.60. The van der Waals surface area contributed by atoms with Crippen LogP contribution in [0.3, 0.4) is 0 Å². The number of hydrogen-bond donors (Lipinski definition) is 1. The van der Waals surface area contributed by atoms with Gasteiger partial charge in [0.1, 0.15) is 0 Å². The molecule has 0 fully saturated rings. The fraction of sp³-hybridized carbons (Fsp3) is 0.385. The zero-order chi connectivity index (χ0) is 14.4. The highest BCUT2D eigenvalue weighted by molar-refractivity contribution is 7.12. The Morgan fingerprint density at radius 1 is 1.58 bits per heavy atom. The SMILES string of the molecule is COCC(C)N(C)C(=O)c1sccc1C=CC(=O)O. The van der Waals surface area contributed by atoms with E-state index in [1.165, 1.54) is 17.4 Å². The molecule has 0 aliphatic rings. The van der Waals surface area contributed by atoms with Crippen LogP contribution in [0.25, 0.3) is 6.08 Å². The van der Waals surface area contributed by atoms with Gasteiger partial charge in [-0.1, -0.05) is 0 Å². The van der Waals surface area contributed by atoms with Gasteiger partial charge in [-0.2, -0.15) is 0 Å². The lowest BCUT2D eigenvalue weighted by Gasteiger charge is -2.24. The summed E-state index contributed by atoms with van der Waals surface area (Å²) < 4.78 is 5.02. The number of carbonyl (C=O) groups excluding carboxylic acids is 1. The Hall–Kier alpha value is -1.66. The number of carboxylic acid groups (broad SMARTS) is 1. The molecule has 0 aliphatic heterocycles. The van der Waals surface area contributed by atoms with Crippen molar-refractivity contribution in [2.75, 3.05) is 20.8 Å². The number of carbonyl (C=O) groups is 2. The molecule has 5 nitrogen and oxygen atoms in total. The normalized spacial score (nSPS) is 12.6. The summed E-state index contributed by atoms with van der Waals surface area (Å²) in [5, 5.41) is 10.4. The predicted molar refractivity (Wildman–Crippen MR) is 74.4 cm³/mol. The number of thiophene rings is 1. The van der Waals surface area contributed by atoms with Crippen molar-refractivity contribution in [3.8, 4) is 0 Å². The summed E-state index contributed by atoms with van der Waals surface area (Å²) in [6, 6.07) is 1.68. The van der Waals surface area contributed by atoms with Crippen LogP contribution in [-0.4, -0.2) is 48.7 Å². The number of methoxy groups -OCH3 is 1. The summed E-state index contributed by atoms with van der Waals surface area (Å²) in [7, 11) is 3.29. The van der Waals surface area contributed by atoms with Gasteiger partial charge in [-0.25, -0.2) is 4.79 Å². The van der Waals surface area contributed by atoms with Crippen molar-refractivity contribution in [3.63, 3.8) is 0 Å². The maximum Gasteiger partial charge on any atom is 0.328 e. The lowest BCUT2D eigenvalue weighted by Crippen LogP contribution is -2.37. The van der Waals surface area contributed by atoms with Gasteiger partial charge in [0.25, 0.3) is 5.91 Å². The van der Waals surface area contributed by atoms with Gasteiger partial charge in [-0.15, -0.1) is 11.3 Å². The summed E-state index contributed by atoms with van der Waals surface area (Å²) in [6.07, 6.45) is 2.46. The molecule has 1 unspecified atom stereocenters. The largest absolute Gasteiger partial charge is 0.478 e. The summed E-state index contributed by atoms with van der Waals surface area (Å²) in [5.41, 5.74) is 0.619. The average molecular weight is 283 g/mol. The van der Waals surface area contributed by atoms with Crippen LogP contribution >= 0.6 is 11.3 Å². The molecule has 104 valence electrons. The standard InChI is InChI=1S/C13H17NO4S/c1-9(8-18-3)14(2)13(17)12-10(6-7-19-12)4-5-11(15)16/h4-7,9H,8H2,1-3H3,(H,15,16). The third-order valence-electron chi connectivity index (χ3n) is 2.68. The number of ether oxygens (including phenoxy) is 1. The van der Waals surface area contributed by atoms with Crippen molar-refractivity contribution in [2.45, 2.75) is 13.0 Å². The Morgan fingerprint density at radius 3 is 2.84 bits per heavy atom. The molecule has 0 aliphatic carbocycles. The second-order valence-corrected chi connectivity index (χ2v) is 5.01. The summed E-state index contributed by atoms with van der Waals surface area (Å²) in [5.74, 6) is -1.17. The van der Waals surface area contributed by atoms with Gasteiger partial charge >= 0.3 is 5.97 Å². The van der Waals surface area contributed by atoms with Crippen molar-refractivity contribution < 1.29 is 19.4 Å². The number of aliphatic carboxylic acids is 1. The Balaban J connectivity index is 2.88. The minimum absolute atomic E-state index is 0.0455. The highest BCUT2D eigenvalue weighted by Gasteiger charge is 2.20. The van der Waals surface area contributed by atoms with E-state index in [-0.39, 0.29) is 11.9 Å². The molecule has 1 aromatic heterocycles. The fourth-order valence-corrected chi connectivity index (χ4v) is 2.37. The molecule has 1 atom stereocenters. The summed E-state index contributed by atoms with van der Waals surface area (Å²) in [4.78, 5) is 24.9. The molecular formula is C13H17NO4S. The Kier molecular flexibility index (Phi) is 5.72. The van der Waals surface area contributed by atoms with E-state index >= 15 is 0 Å². The van der Waals surface area contributed by atoms with Gasteiger partial charge in [-0.05, 0) is 30.0 Å². The van der Waals surface area contributed by atoms with Crippen LogP contribution in [-0.2, 0) is 9.53 Å². The van der Waals surface area contributed by atoms with Crippen LogP contribution in [0.5, 0.6) is 0 Å². The summed E-state index contributed by atoms with van der Waals surface area (Å²) >= 11 is 1.30. The Labute approximate surface area is 116 Å². The smallest absolute Gasteiger partial charge is 0.328 e. The van der Waals surface area contributed by atoms with Gasteiger partial charge in [0.05, 0.1) is 17.5 Å². The predicted octanol–water partition coefficient (Wildman–Crippen LogP) is 1.95. The van der Waals surface area contributed by atoms with E-state index in [1.807, 2.05) is 6.92 Å². The van der Waals surface area contributed by atoms with Crippen molar-refractivity contribution in [3.05, 3.63) is 28.0 Å². The molecule has 1 amide bonds. The molecule has 1 rings (SSSR count). The second kappa shape index (κ2) is 7.06. The van der Waals surface area contributed by atoms with Crippen LogP contribution in [0.15, 0.2) is 17.5 Å². The first kappa shape index (κ1) is 15.4. The fourth-order valence-electron chi connectivity index (χ4n) is 1.50. The van der Waals surface area contributed by atoms with Gasteiger partial charge < -0.3 is 14.7 Å². The van der Waals surface area contributed by atoms with Crippen LogP contribution in [0.4, 0.5) is 0 Å². The quantitative estimate of drug-likeness (QED) is 0.810. The first-order chi connectivity index (χ1) is 8.97. The van der Waals surface area contributed by atoms with E-state index in [2.05, 4.69) is 0 Å². The molecular weight excluding hydrogens is 266 g/mol. The van der Waals surface area contributed by atoms with Gasteiger partial charge in [0.15, 0.2) is 0 Å². The second-order valence-electron chi connectivity index (χ2n) is 4.10. The number of hydrogen-bond acceptors (Lipinski definition) is 4. The van der Waals surface area contributed by atoms with E-state index in [0.717, 1.165) is 6.08 Å². The zero-order valence-electron chi connectivity index (χ0n) is 11.1. The van der Waals surface area contributed by atoms with Crippen LogP contribution in [0.1, 0.15) is 22.2 Å². The molecule has 0 saturated heterocycles. The monoisotopic (exact) mass is 283 g/mol. The zero-order valence-corrected chi connectivity index (χ0v) is 11.9. The minimum Gasteiger partial charge on any atom is -0.478 e. The van der Waals surface area contributed by atoms with Crippen molar-refractivity contribution in [1.29, 1.82) is 0 Å². The van der Waals surface area contributed by atoms with Gasteiger partial charge in [0, 0.05) is 20.2 Å². The third kappa shape index (κ3) is 4.18. The molecule has 6 heteroatoms. The van der Waals surface area contributed by atoms with E-state index in [1.54, 1.807) is 30.5 Å². The average Bonchev–Trinajstić information content (AvgIpc) is 2.83. The van der Waals surface area contributed by atoms with E-state index < -0.39 is 5.97 Å². The molecule has 0 aromatic carbocycles. The minimum atomic E-state index is -1.04. The van der Waals surface area contributed by atoms with Gasteiger partial charge in [-0.3, -0.25) is 4.79 Å². The maximum absolute atomic E-state index is 12.3. The molecule has 0 bridgehead atoms. The topological polar surface area (TPSA) is 66.8 Å². The van der Waals surface area contributed by atoms with E-state index in [0.29, 0.717) is 17.0 Å². The van der Waals surface area contributed by atoms with Crippen LogP contribution in [0.2, 0.25) is 0 Å². The summed E-state index contributed by atoms with van der Waals surface area (Å²) in [6.45, 7) is 2.34. The number of carboxylic acids is 1. The van der Waals surface area contributed by atoms with Crippen molar-refractivity contribution in [1.82, 2.24) is 4.90 Å². The Bertz CT molecular complexity index is 481. The molecule has 1 N–H and O–H groups in total. The van der Waals surface area contributed by atoms with E-state index in [9.17, 15) is 9.59 Å². The molecule has 0 saturated carbocycles. The molecule has 1 aromatic rings. The molecule has 0 radical (unpaired) electrons. The first-order valence-electron chi connectivity index (χ1n) is 5.72. The maximum atomic E-state index is 12.3. The number of rotatable bonds is 6. The Morgan fingerprint density at radius 2 is 2.26 bits per heavy atom. The van der Waals surface area contributed by atoms with Gasteiger partial charge in [0.2, 0.25) is 0 Å². The van der Waals surface area contributed by atoms with Crippen LogP contribution in [0, 0.1) is 0 Å². The van der Waals surface area contributed by atoms with Crippen LogP contribution < -0.4 is 0 Å². The van der Waals surface area contributed by atoms with Crippen molar-refractivity contribution >= 4 is 29.3 Å². The highest BCUT2D eigenvalue weighted by Crippen LogP contribution is 2.21. The number of amides is 1. The lowest BCUT2D eigenvalue weighted by atomic mass is 10.2. The molecule has 1 heterocycles. The van der Waals surface area contributed by atoms with E-state index in [4.69, 9.17) is 9.84 Å². The number of likely N-dealkylation sites (N-methyl/N-ethyl adjacent to an activating group) is 1.